The van der Waals surface area contributed by atoms with Gasteiger partial charge in [-0.2, -0.15) is 0 Å². The largest absolute Gasteiger partial charge is 0.490 e. The van der Waals surface area contributed by atoms with Crippen molar-refractivity contribution < 1.29 is 19.0 Å². The molecule has 0 saturated heterocycles. The number of carbonyl (C=O) groups excluding carboxylic acids is 1. The maximum Gasteiger partial charge on any atom is 0.411 e. The number of anilines is 1. The Morgan fingerprint density at radius 3 is 2.39 bits per heavy atom. The minimum atomic E-state index is -0.465. The fraction of sp³-hybridized carbons (Fsp3) is 0.611. The van der Waals surface area contributed by atoms with Gasteiger partial charge in [0.15, 0.2) is 11.5 Å². The van der Waals surface area contributed by atoms with E-state index in [0.29, 0.717) is 24.7 Å². The number of unbranched alkanes of at least 4 members (excludes halogenated alkanes) is 1. The number of ether oxygens (including phenoxy) is 3. The molecule has 5 nitrogen and oxygen atoms in total. The van der Waals surface area contributed by atoms with Gasteiger partial charge in [0, 0.05) is 17.3 Å². The molecule has 0 aromatic heterocycles. The predicted molar refractivity (Wildman–Crippen MR) is 92.6 cm³/mol. The van der Waals surface area contributed by atoms with Crippen LogP contribution in [0.15, 0.2) is 12.1 Å². The van der Waals surface area contributed by atoms with Crippen LogP contribution in [0.5, 0.6) is 11.5 Å². The zero-order valence-electron chi connectivity index (χ0n) is 14.9. The van der Waals surface area contributed by atoms with Crippen LogP contribution in [0, 0.1) is 0 Å². The molecule has 5 heteroatoms. The van der Waals surface area contributed by atoms with Crippen molar-refractivity contribution in [2.75, 3.05) is 18.5 Å². The van der Waals surface area contributed by atoms with E-state index in [1.54, 1.807) is 6.07 Å². The Morgan fingerprint density at radius 1 is 1.13 bits per heavy atom. The summed E-state index contributed by atoms with van der Waals surface area (Å²) in [6, 6.07) is 3.72. The highest BCUT2D eigenvalue weighted by Crippen LogP contribution is 2.36. The molecule has 0 unspecified atom stereocenters. The number of nitrogens with one attached hydrogen (secondary N) is 1. The summed E-state index contributed by atoms with van der Waals surface area (Å²) in [7, 11) is 0. The molecule has 0 bridgehead atoms. The van der Waals surface area contributed by atoms with Gasteiger partial charge >= 0.3 is 6.09 Å². The van der Waals surface area contributed by atoms with Crippen LogP contribution in [0.25, 0.3) is 0 Å². The van der Waals surface area contributed by atoms with Crippen LogP contribution in [-0.2, 0) is 11.2 Å². The smallest absolute Gasteiger partial charge is 0.411 e. The zero-order valence-corrected chi connectivity index (χ0v) is 14.9. The number of hydrogen-bond acceptors (Lipinski definition) is 4. The van der Waals surface area contributed by atoms with E-state index >= 15 is 0 Å². The Hall–Kier alpha value is -1.91. The van der Waals surface area contributed by atoms with Crippen molar-refractivity contribution in [2.24, 2.45) is 0 Å². The average molecular weight is 323 g/mol. The number of rotatable bonds is 9. The van der Waals surface area contributed by atoms with Crippen LogP contribution >= 0.6 is 0 Å². The molecule has 1 rings (SSSR count). The number of amides is 1. The van der Waals surface area contributed by atoms with Gasteiger partial charge in [0.05, 0.1) is 19.3 Å². The lowest BCUT2D eigenvalue weighted by Crippen LogP contribution is -2.18. The van der Waals surface area contributed by atoms with E-state index in [1.807, 2.05) is 33.8 Å². The van der Waals surface area contributed by atoms with Crippen molar-refractivity contribution in [3.8, 4) is 11.5 Å². The van der Waals surface area contributed by atoms with E-state index in [0.717, 1.165) is 30.6 Å². The quantitative estimate of drug-likeness (QED) is 0.710. The Labute approximate surface area is 139 Å². The lowest BCUT2D eigenvalue weighted by molar-refractivity contribution is 0.130. The molecule has 1 N–H and O–H groups in total. The number of benzene rings is 1. The second-order valence-corrected chi connectivity index (χ2v) is 5.51. The molecule has 0 radical (unpaired) electrons. The molecule has 0 aliphatic rings. The monoisotopic (exact) mass is 323 g/mol. The molecule has 23 heavy (non-hydrogen) atoms. The van der Waals surface area contributed by atoms with Gasteiger partial charge in [0.2, 0.25) is 0 Å². The van der Waals surface area contributed by atoms with Crippen LogP contribution in [0.3, 0.4) is 0 Å². The molecule has 130 valence electrons. The first kappa shape index (κ1) is 19.1. The van der Waals surface area contributed by atoms with Crippen molar-refractivity contribution in [2.45, 2.75) is 60.0 Å². The third-order valence-electron chi connectivity index (χ3n) is 3.11. The Bertz CT molecular complexity index is 500. The van der Waals surface area contributed by atoms with E-state index in [-0.39, 0.29) is 6.10 Å². The summed E-state index contributed by atoms with van der Waals surface area (Å²) < 4.78 is 16.6. The maximum atomic E-state index is 11.8. The lowest BCUT2D eigenvalue weighted by atomic mass is 10.1. The highest BCUT2D eigenvalue weighted by molar-refractivity contribution is 5.85. The molecule has 1 amide bonds. The van der Waals surface area contributed by atoms with Gasteiger partial charge in [0.1, 0.15) is 0 Å². The van der Waals surface area contributed by atoms with Gasteiger partial charge in [-0.3, -0.25) is 5.32 Å². The van der Waals surface area contributed by atoms with E-state index in [2.05, 4.69) is 12.2 Å². The molecule has 0 aliphatic heterocycles. The van der Waals surface area contributed by atoms with E-state index in [4.69, 9.17) is 14.2 Å². The number of aryl methyl sites for hydroxylation is 1. The molecule has 0 atom stereocenters. The Morgan fingerprint density at radius 2 is 1.83 bits per heavy atom. The first-order chi connectivity index (χ1) is 11.0. The summed E-state index contributed by atoms with van der Waals surface area (Å²) in [5.41, 5.74) is 1.70. The molecule has 0 aliphatic carbocycles. The first-order valence-corrected chi connectivity index (χ1v) is 8.41. The van der Waals surface area contributed by atoms with Crippen molar-refractivity contribution in [3.05, 3.63) is 17.7 Å². The highest BCUT2D eigenvalue weighted by Gasteiger charge is 2.15. The normalized spacial score (nSPS) is 10.5. The summed E-state index contributed by atoms with van der Waals surface area (Å²) in [6.07, 6.45) is 2.38. The third-order valence-corrected chi connectivity index (χ3v) is 3.11. The maximum absolute atomic E-state index is 11.8. The minimum absolute atomic E-state index is 0.163. The number of hydrogen-bond donors (Lipinski definition) is 1. The molecule has 0 fully saturated rings. The van der Waals surface area contributed by atoms with Crippen molar-refractivity contribution in [3.63, 3.8) is 0 Å². The van der Waals surface area contributed by atoms with Crippen LogP contribution < -0.4 is 14.8 Å². The minimum Gasteiger partial charge on any atom is -0.490 e. The summed E-state index contributed by atoms with van der Waals surface area (Å²) >= 11 is 0. The molecule has 1 aromatic carbocycles. The molecule has 1 aromatic rings. The van der Waals surface area contributed by atoms with Crippen molar-refractivity contribution >= 4 is 11.8 Å². The van der Waals surface area contributed by atoms with Crippen molar-refractivity contribution in [1.29, 1.82) is 0 Å². The standard InChI is InChI=1S/C18H29NO4/c1-6-9-10-14-11-15(19-18(20)23-13(4)5)12-16(21-7-2)17(14)22-8-3/h11-13H,6-10H2,1-5H3,(H,19,20). The van der Waals surface area contributed by atoms with Gasteiger partial charge in [0.25, 0.3) is 0 Å². The highest BCUT2D eigenvalue weighted by atomic mass is 16.6. The summed E-state index contributed by atoms with van der Waals surface area (Å²) in [5, 5.41) is 2.76. The van der Waals surface area contributed by atoms with Crippen LogP contribution in [0.1, 0.15) is 53.0 Å². The summed E-state index contributed by atoms with van der Waals surface area (Å²) in [6.45, 7) is 10.8. The lowest BCUT2D eigenvalue weighted by Gasteiger charge is -2.18. The Kier molecular flexibility index (Phi) is 8.30. The van der Waals surface area contributed by atoms with Gasteiger partial charge in [-0.25, -0.2) is 4.79 Å². The summed E-state index contributed by atoms with van der Waals surface area (Å²) in [5.74, 6) is 1.42. The topological polar surface area (TPSA) is 56.8 Å². The van der Waals surface area contributed by atoms with Crippen LogP contribution in [0.2, 0.25) is 0 Å². The second kappa shape index (κ2) is 9.98. The molecule has 0 spiro atoms. The molecule has 0 heterocycles. The number of carbonyl (C=O) groups is 1. The van der Waals surface area contributed by atoms with Gasteiger partial charge in [-0.15, -0.1) is 0 Å². The van der Waals surface area contributed by atoms with Gasteiger partial charge in [-0.05, 0) is 46.6 Å². The molecular weight excluding hydrogens is 294 g/mol. The third kappa shape index (κ3) is 6.38. The molecule has 0 saturated carbocycles. The SMILES string of the molecule is CCCCc1cc(NC(=O)OC(C)C)cc(OCC)c1OCC. The Balaban J connectivity index is 3.10. The van der Waals surface area contributed by atoms with Gasteiger partial charge < -0.3 is 14.2 Å². The van der Waals surface area contributed by atoms with E-state index in [1.165, 1.54) is 0 Å². The van der Waals surface area contributed by atoms with E-state index in [9.17, 15) is 4.79 Å². The molecular formula is C18H29NO4. The average Bonchev–Trinajstić information content (AvgIpc) is 2.47. The van der Waals surface area contributed by atoms with Crippen LogP contribution in [0.4, 0.5) is 10.5 Å². The van der Waals surface area contributed by atoms with E-state index < -0.39 is 6.09 Å². The second-order valence-electron chi connectivity index (χ2n) is 5.51. The van der Waals surface area contributed by atoms with Crippen LogP contribution in [-0.4, -0.2) is 25.4 Å². The first-order valence-electron chi connectivity index (χ1n) is 8.41. The zero-order chi connectivity index (χ0) is 17.2. The predicted octanol–water partition coefficient (Wildman–Crippen LogP) is 4.78. The van der Waals surface area contributed by atoms with Crippen molar-refractivity contribution in [1.82, 2.24) is 0 Å². The fourth-order valence-corrected chi connectivity index (χ4v) is 2.22. The fourth-order valence-electron chi connectivity index (χ4n) is 2.22. The summed E-state index contributed by atoms with van der Waals surface area (Å²) in [4.78, 5) is 11.8. The van der Waals surface area contributed by atoms with Gasteiger partial charge in [-0.1, -0.05) is 13.3 Å².